The molecule has 0 unspecified atom stereocenters. The van der Waals surface area contributed by atoms with Gasteiger partial charge in [0.15, 0.2) is 0 Å². The van der Waals surface area contributed by atoms with Gasteiger partial charge in [-0.15, -0.1) is 0 Å². The predicted octanol–water partition coefficient (Wildman–Crippen LogP) is 3.61. The maximum absolute atomic E-state index is 13.5. The monoisotopic (exact) mass is 347 g/mol. The van der Waals surface area contributed by atoms with Gasteiger partial charge in [0.05, 0.1) is 17.5 Å². The van der Waals surface area contributed by atoms with Gasteiger partial charge in [-0.25, -0.2) is 14.1 Å². The van der Waals surface area contributed by atoms with Crippen LogP contribution in [-0.2, 0) is 22.4 Å². The Labute approximate surface area is 143 Å². The third-order valence-electron chi connectivity index (χ3n) is 3.92. The van der Waals surface area contributed by atoms with E-state index >= 15 is 0 Å². The van der Waals surface area contributed by atoms with Gasteiger partial charge in [0, 0.05) is 0 Å². The minimum absolute atomic E-state index is 0.0991. The van der Waals surface area contributed by atoms with Gasteiger partial charge in [-0.05, 0) is 23.6 Å². The van der Waals surface area contributed by atoms with Crippen molar-refractivity contribution in [3.05, 3.63) is 70.5 Å². The molecule has 124 valence electrons. The molecule has 1 fully saturated rings. The lowest BCUT2D eigenvalue weighted by molar-refractivity contribution is -0.128. The summed E-state index contributed by atoms with van der Waals surface area (Å²) in [6, 6.07) is 13.4. The van der Waals surface area contributed by atoms with Gasteiger partial charge in [0.2, 0.25) is 5.91 Å². The lowest BCUT2D eigenvalue weighted by atomic mass is 10.0. The van der Waals surface area contributed by atoms with E-state index in [4.69, 9.17) is 16.3 Å². The van der Waals surface area contributed by atoms with Gasteiger partial charge >= 0.3 is 6.09 Å². The Balaban J connectivity index is 1.76. The second-order valence-electron chi connectivity index (χ2n) is 5.57. The van der Waals surface area contributed by atoms with Crippen molar-refractivity contribution < 1.29 is 18.7 Å². The van der Waals surface area contributed by atoms with E-state index in [2.05, 4.69) is 0 Å². The normalized spacial score (nSPS) is 17.0. The molecular weight excluding hydrogens is 333 g/mol. The molecule has 0 saturated carbocycles. The number of halogens is 2. The van der Waals surface area contributed by atoms with Crippen molar-refractivity contribution in [3.63, 3.8) is 0 Å². The van der Waals surface area contributed by atoms with E-state index in [9.17, 15) is 14.0 Å². The number of carbonyl (C=O) groups excluding carboxylic acids is 2. The number of benzene rings is 2. The minimum Gasteiger partial charge on any atom is -0.447 e. The first-order valence-corrected chi connectivity index (χ1v) is 7.89. The molecule has 6 heteroatoms. The van der Waals surface area contributed by atoms with Crippen molar-refractivity contribution in [1.29, 1.82) is 0 Å². The highest BCUT2D eigenvalue weighted by atomic mass is 35.5. The van der Waals surface area contributed by atoms with Crippen LogP contribution in [0.5, 0.6) is 0 Å². The molecule has 2 aromatic rings. The molecule has 1 aliphatic heterocycles. The number of ether oxygens (including phenoxy) is 1. The van der Waals surface area contributed by atoms with Crippen LogP contribution in [0.1, 0.15) is 11.1 Å². The van der Waals surface area contributed by atoms with E-state index in [0.29, 0.717) is 12.0 Å². The molecule has 0 N–H and O–H groups in total. The van der Waals surface area contributed by atoms with Crippen molar-refractivity contribution in [2.24, 2.45) is 0 Å². The van der Waals surface area contributed by atoms with Crippen LogP contribution in [0.25, 0.3) is 0 Å². The molecule has 0 bridgehead atoms. The van der Waals surface area contributed by atoms with Gasteiger partial charge in [0.25, 0.3) is 0 Å². The summed E-state index contributed by atoms with van der Waals surface area (Å²) in [6.45, 7) is 0.149. The molecule has 2 amide bonds. The van der Waals surface area contributed by atoms with Crippen LogP contribution < -0.4 is 0 Å². The highest BCUT2D eigenvalue weighted by molar-refractivity contribution is 6.31. The maximum atomic E-state index is 13.5. The zero-order chi connectivity index (χ0) is 17.1. The molecule has 0 aliphatic carbocycles. The van der Waals surface area contributed by atoms with Crippen LogP contribution in [0, 0.1) is 5.82 Å². The molecule has 0 radical (unpaired) electrons. The Morgan fingerprint density at radius 2 is 1.96 bits per heavy atom. The second-order valence-corrected chi connectivity index (χ2v) is 5.95. The number of hydrogen-bond acceptors (Lipinski definition) is 3. The molecular formula is C18H15ClFNO3. The summed E-state index contributed by atoms with van der Waals surface area (Å²) in [6.07, 6.45) is -0.319. The van der Waals surface area contributed by atoms with E-state index < -0.39 is 17.8 Å². The van der Waals surface area contributed by atoms with Crippen LogP contribution in [0.2, 0.25) is 5.02 Å². The number of rotatable bonds is 4. The van der Waals surface area contributed by atoms with E-state index in [1.54, 1.807) is 6.07 Å². The van der Waals surface area contributed by atoms with Crippen molar-refractivity contribution in [2.45, 2.75) is 18.9 Å². The van der Waals surface area contributed by atoms with Crippen LogP contribution in [0.4, 0.5) is 9.18 Å². The third-order valence-corrected chi connectivity index (χ3v) is 4.34. The Morgan fingerprint density at radius 3 is 2.71 bits per heavy atom. The summed E-state index contributed by atoms with van der Waals surface area (Å²) < 4.78 is 18.5. The summed E-state index contributed by atoms with van der Waals surface area (Å²) >= 11 is 5.88. The topological polar surface area (TPSA) is 46.6 Å². The van der Waals surface area contributed by atoms with Crippen LogP contribution in [-0.4, -0.2) is 29.5 Å². The number of carbonyl (C=O) groups is 2. The first kappa shape index (κ1) is 16.5. The van der Waals surface area contributed by atoms with E-state index in [0.717, 1.165) is 10.5 Å². The molecule has 1 saturated heterocycles. The van der Waals surface area contributed by atoms with E-state index in [-0.39, 0.29) is 24.1 Å². The third kappa shape index (κ3) is 3.41. The quantitative estimate of drug-likeness (QED) is 0.848. The highest BCUT2D eigenvalue weighted by Crippen LogP contribution is 2.23. The number of amides is 2. The van der Waals surface area contributed by atoms with Crippen molar-refractivity contribution in [3.8, 4) is 0 Å². The average molecular weight is 348 g/mol. The lowest BCUT2D eigenvalue weighted by Gasteiger charge is -2.20. The van der Waals surface area contributed by atoms with Gasteiger partial charge in [-0.1, -0.05) is 54.1 Å². The Hall–Kier alpha value is -2.40. The standard InChI is InChI=1S/C18H15ClFNO3/c19-17-13(7-4-8-15(17)20)10-16(22)21-14(11-24-18(21)23)9-12-5-2-1-3-6-12/h1-8,14H,9-11H2/t14-/m1/s1. The van der Waals surface area contributed by atoms with Crippen LogP contribution >= 0.6 is 11.6 Å². The minimum atomic E-state index is -0.673. The number of imide groups is 1. The molecule has 1 atom stereocenters. The summed E-state index contributed by atoms with van der Waals surface area (Å²) in [5, 5.41) is -0.0991. The van der Waals surface area contributed by atoms with Crippen molar-refractivity contribution in [2.75, 3.05) is 6.61 Å². The molecule has 1 heterocycles. The van der Waals surface area contributed by atoms with Crippen LogP contribution in [0.3, 0.4) is 0 Å². The first-order chi connectivity index (χ1) is 11.6. The Kier molecular flexibility index (Phi) is 4.81. The molecule has 1 aliphatic rings. The summed E-state index contributed by atoms with van der Waals surface area (Å²) in [7, 11) is 0. The van der Waals surface area contributed by atoms with E-state index in [1.807, 2.05) is 30.3 Å². The smallest absolute Gasteiger partial charge is 0.416 e. The number of cyclic esters (lactones) is 1. The number of nitrogens with zero attached hydrogens (tertiary/aromatic N) is 1. The van der Waals surface area contributed by atoms with Gasteiger partial charge in [-0.3, -0.25) is 4.79 Å². The summed E-state index contributed by atoms with van der Waals surface area (Å²) in [5.41, 5.74) is 1.35. The summed E-state index contributed by atoms with van der Waals surface area (Å²) in [4.78, 5) is 25.6. The fourth-order valence-electron chi connectivity index (χ4n) is 2.74. The second kappa shape index (κ2) is 7.01. The molecule has 24 heavy (non-hydrogen) atoms. The fourth-order valence-corrected chi connectivity index (χ4v) is 2.93. The maximum Gasteiger partial charge on any atom is 0.416 e. The zero-order valence-corrected chi connectivity index (χ0v) is 13.5. The molecule has 2 aromatic carbocycles. The fraction of sp³-hybridized carbons (Fsp3) is 0.222. The summed E-state index contributed by atoms with van der Waals surface area (Å²) in [5.74, 6) is -1.04. The van der Waals surface area contributed by atoms with Crippen molar-refractivity contribution >= 4 is 23.6 Å². The SMILES string of the molecule is O=C(Cc1cccc(F)c1Cl)N1C(=O)OC[C@H]1Cc1ccccc1. The van der Waals surface area contributed by atoms with Gasteiger partial charge in [0.1, 0.15) is 12.4 Å². The highest BCUT2D eigenvalue weighted by Gasteiger charge is 2.37. The Morgan fingerprint density at radius 1 is 1.21 bits per heavy atom. The average Bonchev–Trinajstić information content (AvgIpc) is 2.93. The van der Waals surface area contributed by atoms with E-state index in [1.165, 1.54) is 12.1 Å². The largest absolute Gasteiger partial charge is 0.447 e. The van der Waals surface area contributed by atoms with Crippen LogP contribution in [0.15, 0.2) is 48.5 Å². The van der Waals surface area contributed by atoms with Gasteiger partial charge in [-0.2, -0.15) is 0 Å². The number of hydrogen-bond donors (Lipinski definition) is 0. The lowest BCUT2D eigenvalue weighted by Crippen LogP contribution is -2.41. The molecule has 3 rings (SSSR count). The predicted molar refractivity (Wildman–Crippen MR) is 87.2 cm³/mol. The van der Waals surface area contributed by atoms with Crippen molar-refractivity contribution in [1.82, 2.24) is 4.90 Å². The Bertz CT molecular complexity index is 766. The van der Waals surface area contributed by atoms with Gasteiger partial charge < -0.3 is 4.74 Å². The molecule has 0 aromatic heterocycles. The zero-order valence-electron chi connectivity index (χ0n) is 12.7. The first-order valence-electron chi connectivity index (χ1n) is 7.52. The molecule has 0 spiro atoms. The molecule has 4 nitrogen and oxygen atoms in total.